The summed E-state index contributed by atoms with van der Waals surface area (Å²) in [4.78, 5) is 6.35. The summed E-state index contributed by atoms with van der Waals surface area (Å²) >= 11 is 5.91. The van der Waals surface area contributed by atoms with Gasteiger partial charge in [-0.25, -0.2) is 0 Å². The number of aryl methyl sites for hydroxylation is 1. The summed E-state index contributed by atoms with van der Waals surface area (Å²) in [6.45, 7) is 3.51. The van der Waals surface area contributed by atoms with Crippen LogP contribution in [0.5, 0.6) is 0 Å². The van der Waals surface area contributed by atoms with Crippen molar-refractivity contribution in [2.45, 2.75) is 25.8 Å². The minimum atomic E-state index is 0.497. The molecule has 0 fully saturated rings. The van der Waals surface area contributed by atoms with E-state index in [4.69, 9.17) is 16.9 Å². The molecule has 0 unspecified atom stereocenters. The Morgan fingerprint density at radius 2 is 2.19 bits per heavy atom. The van der Waals surface area contributed by atoms with E-state index in [2.05, 4.69) is 41.1 Å². The van der Waals surface area contributed by atoms with Gasteiger partial charge < -0.3 is 4.90 Å². The Hall–Kier alpha value is -2.05. The zero-order chi connectivity index (χ0) is 15.1. The van der Waals surface area contributed by atoms with Gasteiger partial charge in [-0.3, -0.25) is 4.98 Å². The van der Waals surface area contributed by atoms with Gasteiger partial charge in [-0.15, -0.1) is 11.6 Å². The second-order valence-electron chi connectivity index (χ2n) is 4.94. The molecule has 0 aliphatic rings. The van der Waals surface area contributed by atoms with Crippen LogP contribution in [0.15, 0.2) is 42.7 Å². The Bertz CT molecular complexity index is 620. The van der Waals surface area contributed by atoms with Gasteiger partial charge in [0.05, 0.1) is 12.5 Å². The van der Waals surface area contributed by atoms with Crippen LogP contribution in [0, 0.1) is 18.3 Å². The van der Waals surface area contributed by atoms with E-state index in [1.165, 1.54) is 5.56 Å². The molecule has 1 aromatic carbocycles. The number of benzene rings is 1. The van der Waals surface area contributed by atoms with E-state index in [1.807, 2.05) is 18.3 Å². The Morgan fingerprint density at radius 1 is 1.33 bits per heavy atom. The van der Waals surface area contributed by atoms with E-state index >= 15 is 0 Å². The number of hydrogen-bond acceptors (Lipinski definition) is 3. The Morgan fingerprint density at radius 3 is 2.81 bits per heavy atom. The summed E-state index contributed by atoms with van der Waals surface area (Å²) in [5, 5.41) is 8.86. The number of hydrogen-bond donors (Lipinski definition) is 0. The van der Waals surface area contributed by atoms with Gasteiger partial charge in [0.1, 0.15) is 0 Å². The van der Waals surface area contributed by atoms with Crippen molar-refractivity contribution in [3.05, 3.63) is 59.4 Å². The summed E-state index contributed by atoms with van der Waals surface area (Å²) in [5.74, 6) is 0.521. The minimum Gasteiger partial charge on any atom is -0.366 e. The molecule has 4 heteroatoms. The molecule has 3 nitrogen and oxygen atoms in total. The standard InChI is InChI=1S/C17H18ClN3/c1-14-10-17(6-5-16(14)11-18)21(9-3-7-19)13-15-4-2-8-20-12-15/h2,4-6,8,10,12H,3,9,11,13H2,1H3. The Labute approximate surface area is 130 Å². The van der Waals surface area contributed by atoms with Gasteiger partial charge in [-0.05, 0) is 41.8 Å². The molecule has 0 aliphatic carbocycles. The van der Waals surface area contributed by atoms with E-state index in [1.54, 1.807) is 6.20 Å². The van der Waals surface area contributed by atoms with Crippen LogP contribution in [0.2, 0.25) is 0 Å². The van der Waals surface area contributed by atoms with Crippen molar-refractivity contribution in [3.8, 4) is 6.07 Å². The molecule has 1 heterocycles. The molecule has 0 N–H and O–H groups in total. The highest BCUT2D eigenvalue weighted by molar-refractivity contribution is 6.17. The van der Waals surface area contributed by atoms with Gasteiger partial charge >= 0.3 is 0 Å². The number of aromatic nitrogens is 1. The molecule has 0 aliphatic heterocycles. The highest BCUT2D eigenvalue weighted by atomic mass is 35.5. The lowest BCUT2D eigenvalue weighted by Crippen LogP contribution is -2.23. The van der Waals surface area contributed by atoms with Gasteiger partial charge in [0, 0.05) is 37.1 Å². The third kappa shape index (κ3) is 4.21. The average Bonchev–Trinajstić information content (AvgIpc) is 2.52. The number of nitrogens with zero attached hydrogens (tertiary/aromatic N) is 3. The summed E-state index contributed by atoms with van der Waals surface area (Å²) < 4.78 is 0. The summed E-state index contributed by atoms with van der Waals surface area (Å²) in [7, 11) is 0. The van der Waals surface area contributed by atoms with Gasteiger partial charge in [0.2, 0.25) is 0 Å². The number of nitriles is 1. The molecule has 0 atom stereocenters. The molecule has 0 saturated heterocycles. The van der Waals surface area contributed by atoms with E-state index in [-0.39, 0.29) is 0 Å². The van der Waals surface area contributed by atoms with E-state index in [0.717, 1.165) is 23.4 Å². The third-order valence-electron chi connectivity index (χ3n) is 3.43. The largest absolute Gasteiger partial charge is 0.366 e. The third-order valence-corrected chi connectivity index (χ3v) is 3.71. The number of halogens is 1. The smallest absolute Gasteiger partial charge is 0.0640 e. The Kier molecular flexibility index (Phi) is 5.59. The molecule has 2 rings (SSSR count). The maximum Gasteiger partial charge on any atom is 0.0640 e. The first kappa shape index (κ1) is 15.3. The van der Waals surface area contributed by atoms with E-state index in [9.17, 15) is 0 Å². The maximum absolute atomic E-state index is 8.86. The zero-order valence-electron chi connectivity index (χ0n) is 12.1. The average molecular weight is 300 g/mol. The first-order valence-electron chi connectivity index (χ1n) is 6.91. The second kappa shape index (κ2) is 7.66. The van der Waals surface area contributed by atoms with Crippen LogP contribution in [0.4, 0.5) is 5.69 Å². The first-order chi connectivity index (χ1) is 10.2. The van der Waals surface area contributed by atoms with Crippen molar-refractivity contribution < 1.29 is 0 Å². The molecule has 108 valence electrons. The molecule has 0 radical (unpaired) electrons. The lowest BCUT2D eigenvalue weighted by molar-refractivity contribution is 0.794. The SMILES string of the molecule is Cc1cc(N(CCC#N)Cc2cccnc2)ccc1CCl. The molecule has 0 saturated carbocycles. The summed E-state index contributed by atoms with van der Waals surface area (Å²) in [6.07, 6.45) is 4.12. The first-order valence-corrected chi connectivity index (χ1v) is 7.44. The van der Waals surface area contributed by atoms with Crippen LogP contribution < -0.4 is 4.90 Å². The summed E-state index contributed by atoms with van der Waals surface area (Å²) in [6, 6.07) is 12.4. The van der Waals surface area contributed by atoms with Crippen LogP contribution in [-0.2, 0) is 12.4 Å². The molecule has 0 spiro atoms. The fourth-order valence-corrected chi connectivity index (χ4v) is 2.52. The van der Waals surface area contributed by atoms with Crippen LogP contribution >= 0.6 is 11.6 Å². The van der Waals surface area contributed by atoms with Crippen LogP contribution in [0.3, 0.4) is 0 Å². The van der Waals surface area contributed by atoms with Crippen LogP contribution in [0.25, 0.3) is 0 Å². The molecular formula is C17H18ClN3. The highest BCUT2D eigenvalue weighted by Gasteiger charge is 2.09. The number of rotatable bonds is 6. The molecule has 1 aromatic heterocycles. The molecule has 0 bridgehead atoms. The van der Waals surface area contributed by atoms with Gasteiger partial charge in [0.25, 0.3) is 0 Å². The lowest BCUT2D eigenvalue weighted by Gasteiger charge is -2.24. The topological polar surface area (TPSA) is 39.9 Å². The van der Waals surface area contributed by atoms with Crippen molar-refractivity contribution in [3.63, 3.8) is 0 Å². The minimum absolute atomic E-state index is 0.497. The molecule has 21 heavy (non-hydrogen) atoms. The van der Waals surface area contributed by atoms with Crippen molar-refractivity contribution in [2.75, 3.05) is 11.4 Å². The molecule has 2 aromatic rings. The van der Waals surface area contributed by atoms with Crippen molar-refractivity contribution in [2.24, 2.45) is 0 Å². The number of alkyl halides is 1. The Balaban J connectivity index is 2.23. The maximum atomic E-state index is 8.86. The van der Waals surface area contributed by atoms with E-state index in [0.29, 0.717) is 18.8 Å². The predicted octanol–water partition coefficient (Wildman–Crippen LogP) is 4.05. The molecule has 0 amide bonds. The zero-order valence-corrected chi connectivity index (χ0v) is 12.8. The van der Waals surface area contributed by atoms with Crippen molar-refractivity contribution in [1.82, 2.24) is 4.98 Å². The predicted molar refractivity (Wildman–Crippen MR) is 86.3 cm³/mol. The monoisotopic (exact) mass is 299 g/mol. The number of anilines is 1. The fraction of sp³-hybridized carbons (Fsp3) is 0.294. The van der Waals surface area contributed by atoms with E-state index < -0.39 is 0 Å². The quantitative estimate of drug-likeness (QED) is 0.756. The fourth-order valence-electron chi connectivity index (χ4n) is 2.22. The van der Waals surface area contributed by atoms with Gasteiger partial charge in [0.15, 0.2) is 0 Å². The van der Waals surface area contributed by atoms with Crippen molar-refractivity contribution in [1.29, 1.82) is 5.26 Å². The van der Waals surface area contributed by atoms with Gasteiger partial charge in [-0.1, -0.05) is 12.1 Å². The lowest BCUT2D eigenvalue weighted by atomic mass is 10.1. The second-order valence-corrected chi connectivity index (χ2v) is 5.20. The summed E-state index contributed by atoms with van der Waals surface area (Å²) in [5.41, 5.74) is 4.56. The molecular weight excluding hydrogens is 282 g/mol. The van der Waals surface area contributed by atoms with Gasteiger partial charge in [-0.2, -0.15) is 5.26 Å². The normalized spacial score (nSPS) is 10.1. The number of pyridine rings is 1. The van der Waals surface area contributed by atoms with Crippen molar-refractivity contribution >= 4 is 17.3 Å². The van der Waals surface area contributed by atoms with Crippen LogP contribution in [0.1, 0.15) is 23.1 Å². The highest BCUT2D eigenvalue weighted by Crippen LogP contribution is 2.22. The van der Waals surface area contributed by atoms with Crippen LogP contribution in [-0.4, -0.2) is 11.5 Å².